The summed E-state index contributed by atoms with van der Waals surface area (Å²) in [5, 5.41) is 18.8. The minimum atomic E-state index is -0.768. The van der Waals surface area contributed by atoms with Crippen LogP contribution >= 0.6 is 15.9 Å². The van der Waals surface area contributed by atoms with Gasteiger partial charge in [0.15, 0.2) is 5.65 Å². The summed E-state index contributed by atoms with van der Waals surface area (Å²) in [5.41, 5.74) is -0.0165. The van der Waals surface area contributed by atoms with E-state index in [1.54, 1.807) is 4.68 Å². The van der Waals surface area contributed by atoms with Gasteiger partial charge in [-0.1, -0.05) is 13.8 Å². The third-order valence-corrected chi connectivity index (χ3v) is 4.03. The fraction of sp³-hybridized carbons (Fsp3) is 0.643. The van der Waals surface area contributed by atoms with Crippen LogP contribution in [-0.4, -0.2) is 37.0 Å². The van der Waals surface area contributed by atoms with Crippen molar-refractivity contribution in [1.82, 2.24) is 19.7 Å². The molecule has 0 aromatic carbocycles. The van der Waals surface area contributed by atoms with Gasteiger partial charge in [-0.15, -0.1) is 0 Å². The second-order valence-electron chi connectivity index (χ2n) is 6.12. The number of aryl methyl sites for hydroxylation is 1. The number of anilines is 1. The van der Waals surface area contributed by atoms with E-state index in [9.17, 15) is 5.11 Å². The number of halogens is 1. The summed E-state index contributed by atoms with van der Waals surface area (Å²) in [6.07, 6.45) is 3.24. The fourth-order valence-corrected chi connectivity index (χ4v) is 2.74. The van der Waals surface area contributed by atoms with Crippen LogP contribution in [0.5, 0.6) is 0 Å². The van der Waals surface area contributed by atoms with Crippen molar-refractivity contribution in [3.8, 4) is 0 Å². The Kier molecular flexibility index (Phi) is 4.83. The number of nitrogens with zero attached hydrogens (tertiary/aromatic N) is 4. The molecule has 1 atom stereocenters. The maximum absolute atomic E-state index is 10.4. The van der Waals surface area contributed by atoms with E-state index in [0.29, 0.717) is 22.9 Å². The van der Waals surface area contributed by atoms with E-state index in [1.807, 2.05) is 14.0 Å². The van der Waals surface area contributed by atoms with Crippen molar-refractivity contribution in [1.29, 1.82) is 0 Å². The van der Waals surface area contributed by atoms with Gasteiger partial charge in [-0.3, -0.25) is 0 Å². The molecule has 7 heteroatoms. The first-order chi connectivity index (χ1) is 9.80. The minimum absolute atomic E-state index is 0.438. The summed E-state index contributed by atoms with van der Waals surface area (Å²) in [7, 11) is 1.84. The van der Waals surface area contributed by atoms with Crippen molar-refractivity contribution < 1.29 is 5.11 Å². The van der Waals surface area contributed by atoms with Crippen LogP contribution in [0, 0.1) is 5.92 Å². The molecular weight excluding hydrogens is 334 g/mol. The number of fused-ring (bicyclic) bond motifs is 1. The molecule has 0 saturated carbocycles. The standard InChI is InChI=1S/C14H22BrN5O/c1-9(2)5-6-14(3,21)7-16-12-10-11(15)19-20(4)13(10)18-8-17-12/h8-9,21H,5-7H2,1-4H3,(H,16,17,18). The molecule has 0 aliphatic heterocycles. The van der Waals surface area contributed by atoms with Crippen LogP contribution in [0.15, 0.2) is 10.9 Å². The largest absolute Gasteiger partial charge is 0.388 e. The molecule has 0 spiro atoms. The Labute approximate surface area is 133 Å². The topological polar surface area (TPSA) is 75.9 Å². The molecule has 2 aromatic rings. The molecule has 0 saturated heterocycles. The second-order valence-corrected chi connectivity index (χ2v) is 6.87. The van der Waals surface area contributed by atoms with Crippen LogP contribution in [0.1, 0.15) is 33.6 Å². The summed E-state index contributed by atoms with van der Waals surface area (Å²) in [4.78, 5) is 8.49. The van der Waals surface area contributed by atoms with Crippen molar-refractivity contribution in [2.45, 2.75) is 39.2 Å². The van der Waals surface area contributed by atoms with Crippen molar-refractivity contribution >= 4 is 32.8 Å². The average Bonchev–Trinajstić information content (AvgIpc) is 2.71. The lowest BCUT2D eigenvalue weighted by Crippen LogP contribution is -2.34. The molecule has 0 aliphatic rings. The molecule has 2 N–H and O–H groups in total. The normalized spacial score (nSPS) is 14.6. The Balaban J connectivity index is 2.13. The lowest BCUT2D eigenvalue weighted by atomic mass is 9.95. The highest BCUT2D eigenvalue weighted by Gasteiger charge is 2.22. The quantitative estimate of drug-likeness (QED) is 0.832. The van der Waals surface area contributed by atoms with Crippen LogP contribution < -0.4 is 5.32 Å². The summed E-state index contributed by atoms with van der Waals surface area (Å²) >= 11 is 3.42. The van der Waals surface area contributed by atoms with Gasteiger partial charge in [0.1, 0.15) is 16.7 Å². The lowest BCUT2D eigenvalue weighted by molar-refractivity contribution is 0.0586. The molecule has 0 amide bonds. The number of aliphatic hydroxyl groups is 1. The summed E-state index contributed by atoms with van der Waals surface area (Å²) in [6.45, 7) is 6.60. The highest BCUT2D eigenvalue weighted by atomic mass is 79.9. The van der Waals surface area contributed by atoms with E-state index < -0.39 is 5.60 Å². The molecule has 2 heterocycles. The van der Waals surface area contributed by atoms with E-state index in [4.69, 9.17) is 0 Å². The first kappa shape index (κ1) is 16.2. The Morgan fingerprint density at radius 3 is 2.81 bits per heavy atom. The predicted molar refractivity (Wildman–Crippen MR) is 87.2 cm³/mol. The molecule has 0 aliphatic carbocycles. The summed E-state index contributed by atoms with van der Waals surface area (Å²) in [5.74, 6) is 1.26. The molecule has 0 fully saturated rings. The van der Waals surface area contributed by atoms with Gasteiger partial charge in [-0.25, -0.2) is 14.6 Å². The van der Waals surface area contributed by atoms with Crippen LogP contribution in [-0.2, 0) is 7.05 Å². The summed E-state index contributed by atoms with van der Waals surface area (Å²) in [6, 6.07) is 0. The Hall–Kier alpha value is -1.21. The number of rotatable bonds is 6. The third-order valence-electron chi connectivity index (χ3n) is 3.47. The first-order valence-electron chi connectivity index (χ1n) is 7.09. The Morgan fingerprint density at radius 1 is 1.43 bits per heavy atom. The van der Waals surface area contributed by atoms with Crippen LogP contribution in [0.2, 0.25) is 0 Å². The molecule has 2 rings (SSSR count). The van der Waals surface area contributed by atoms with Crippen molar-refractivity contribution in [2.24, 2.45) is 13.0 Å². The highest BCUT2D eigenvalue weighted by Crippen LogP contribution is 2.27. The van der Waals surface area contributed by atoms with Crippen LogP contribution in [0.4, 0.5) is 5.82 Å². The monoisotopic (exact) mass is 355 g/mol. The lowest BCUT2D eigenvalue weighted by Gasteiger charge is -2.25. The smallest absolute Gasteiger partial charge is 0.164 e. The zero-order valence-electron chi connectivity index (χ0n) is 12.9. The fourth-order valence-electron chi connectivity index (χ4n) is 2.14. The van der Waals surface area contributed by atoms with E-state index >= 15 is 0 Å². The van der Waals surface area contributed by atoms with E-state index in [-0.39, 0.29) is 0 Å². The van der Waals surface area contributed by atoms with Gasteiger partial charge in [0.25, 0.3) is 0 Å². The maximum atomic E-state index is 10.4. The van der Waals surface area contributed by atoms with Gasteiger partial charge in [0.2, 0.25) is 0 Å². The Morgan fingerprint density at radius 2 is 2.14 bits per heavy atom. The predicted octanol–water partition coefficient (Wildman–Crippen LogP) is 2.72. The number of nitrogens with one attached hydrogen (secondary N) is 1. The van der Waals surface area contributed by atoms with Crippen molar-refractivity contribution in [2.75, 3.05) is 11.9 Å². The van der Waals surface area contributed by atoms with Crippen molar-refractivity contribution in [3.05, 3.63) is 10.9 Å². The molecule has 1 unspecified atom stereocenters. The molecule has 0 radical (unpaired) electrons. The van der Waals surface area contributed by atoms with E-state index in [0.717, 1.165) is 23.9 Å². The van der Waals surface area contributed by atoms with E-state index in [1.165, 1.54) is 6.33 Å². The van der Waals surface area contributed by atoms with Gasteiger partial charge in [0.05, 0.1) is 11.0 Å². The SMILES string of the molecule is CC(C)CCC(C)(O)CNc1ncnc2c1c(Br)nn2C. The number of hydrogen-bond donors (Lipinski definition) is 2. The second kappa shape index (κ2) is 6.27. The zero-order chi connectivity index (χ0) is 15.6. The molecule has 0 bridgehead atoms. The maximum Gasteiger partial charge on any atom is 0.164 e. The van der Waals surface area contributed by atoms with Gasteiger partial charge in [-0.2, -0.15) is 5.10 Å². The number of aromatic nitrogens is 4. The average molecular weight is 356 g/mol. The molecule has 116 valence electrons. The molecular formula is C14H22BrN5O. The van der Waals surface area contributed by atoms with Crippen LogP contribution in [0.3, 0.4) is 0 Å². The van der Waals surface area contributed by atoms with Crippen LogP contribution in [0.25, 0.3) is 11.0 Å². The van der Waals surface area contributed by atoms with E-state index in [2.05, 4.69) is 50.2 Å². The number of hydrogen-bond acceptors (Lipinski definition) is 5. The van der Waals surface area contributed by atoms with Crippen molar-refractivity contribution in [3.63, 3.8) is 0 Å². The highest BCUT2D eigenvalue weighted by molar-refractivity contribution is 9.10. The van der Waals surface area contributed by atoms with Gasteiger partial charge < -0.3 is 10.4 Å². The Bertz CT molecular complexity index is 623. The van der Waals surface area contributed by atoms with Gasteiger partial charge in [0, 0.05) is 13.6 Å². The zero-order valence-corrected chi connectivity index (χ0v) is 14.5. The minimum Gasteiger partial charge on any atom is -0.388 e. The molecule has 2 aromatic heterocycles. The third kappa shape index (κ3) is 3.91. The van der Waals surface area contributed by atoms with Gasteiger partial charge in [-0.05, 0) is 41.6 Å². The summed E-state index contributed by atoms with van der Waals surface area (Å²) < 4.78 is 2.40. The van der Waals surface area contributed by atoms with Gasteiger partial charge >= 0.3 is 0 Å². The molecule has 21 heavy (non-hydrogen) atoms. The first-order valence-corrected chi connectivity index (χ1v) is 7.89. The molecule has 6 nitrogen and oxygen atoms in total.